The van der Waals surface area contributed by atoms with Crippen LogP contribution < -0.4 is 9.64 Å². The number of anilines is 3. The zero-order valence-electron chi connectivity index (χ0n) is 30.7. The first-order chi connectivity index (χ1) is 26.5. The summed E-state index contributed by atoms with van der Waals surface area (Å²) in [6.45, 7) is 6.50. The Balaban J connectivity index is 1.28. The Kier molecular flexibility index (Phi) is 8.53. The highest BCUT2D eigenvalue weighted by Gasteiger charge is 2.22. The lowest BCUT2D eigenvalue weighted by atomic mass is 10.0. The fourth-order valence-electron chi connectivity index (χ4n) is 7.57. The molecule has 9 rings (SSSR count). The lowest BCUT2D eigenvalue weighted by Crippen LogP contribution is -2.13. The van der Waals surface area contributed by atoms with Gasteiger partial charge in [-0.3, -0.25) is 0 Å². The number of rotatable bonds is 8. The summed E-state index contributed by atoms with van der Waals surface area (Å²) < 4.78 is 9.18. The first kappa shape index (κ1) is 33.0. The van der Waals surface area contributed by atoms with Crippen molar-refractivity contribution in [1.82, 2.24) is 4.57 Å². The minimum atomic E-state index is 0.795. The van der Waals surface area contributed by atoms with Gasteiger partial charge in [0.2, 0.25) is 0 Å². The number of benzene rings is 8. The van der Waals surface area contributed by atoms with Crippen molar-refractivity contribution < 1.29 is 4.74 Å². The molecular formula is C51H40N2O. The average molecular weight is 697 g/mol. The minimum Gasteiger partial charge on any atom is -0.457 e. The number of para-hydroxylation sites is 1. The van der Waals surface area contributed by atoms with Gasteiger partial charge in [0, 0.05) is 33.8 Å². The van der Waals surface area contributed by atoms with Crippen molar-refractivity contribution >= 4 is 38.9 Å². The molecular weight excluding hydrogens is 657 g/mol. The molecule has 3 nitrogen and oxygen atoms in total. The molecule has 1 heterocycles. The van der Waals surface area contributed by atoms with E-state index in [0.717, 1.165) is 50.8 Å². The molecule has 0 bridgehead atoms. The number of aryl methyl sites for hydroxylation is 2. The molecule has 260 valence electrons. The summed E-state index contributed by atoms with van der Waals surface area (Å²) in [4.78, 5) is 2.36. The van der Waals surface area contributed by atoms with E-state index in [2.05, 4.69) is 188 Å². The number of ether oxygens (including phenoxy) is 1. The molecule has 0 saturated carbocycles. The molecule has 1 aromatic heterocycles. The molecule has 0 unspecified atom stereocenters. The summed E-state index contributed by atoms with van der Waals surface area (Å²) in [6.07, 6.45) is 0. The first-order valence-corrected chi connectivity index (χ1v) is 18.5. The Morgan fingerprint density at radius 1 is 0.426 bits per heavy atom. The Morgan fingerprint density at radius 2 is 0.870 bits per heavy atom. The smallest absolute Gasteiger partial charge is 0.134 e. The van der Waals surface area contributed by atoms with Crippen LogP contribution in [0.1, 0.15) is 16.7 Å². The van der Waals surface area contributed by atoms with Crippen LogP contribution in [-0.4, -0.2) is 4.57 Å². The van der Waals surface area contributed by atoms with E-state index in [9.17, 15) is 0 Å². The van der Waals surface area contributed by atoms with Crippen LogP contribution in [0, 0.1) is 20.8 Å². The maximum Gasteiger partial charge on any atom is 0.134 e. The van der Waals surface area contributed by atoms with Crippen molar-refractivity contribution in [3.8, 4) is 39.4 Å². The number of fused-ring (bicyclic) bond motifs is 3. The van der Waals surface area contributed by atoms with Crippen LogP contribution >= 0.6 is 0 Å². The van der Waals surface area contributed by atoms with Crippen molar-refractivity contribution in [2.75, 3.05) is 4.90 Å². The van der Waals surface area contributed by atoms with Crippen LogP contribution in [0.2, 0.25) is 0 Å². The lowest BCUT2D eigenvalue weighted by molar-refractivity contribution is 0.479. The van der Waals surface area contributed by atoms with Crippen molar-refractivity contribution in [2.24, 2.45) is 0 Å². The van der Waals surface area contributed by atoms with E-state index in [4.69, 9.17) is 4.74 Å². The average Bonchev–Trinajstić information content (AvgIpc) is 3.53. The van der Waals surface area contributed by atoms with E-state index in [0.29, 0.717) is 0 Å². The van der Waals surface area contributed by atoms with E-state index in [-0.39, 0.29) is 0 Å². The zero-order valence-corrected chi connectivity index (χ0v) is 30.7. The van der Waals surface area contributed by atoms with Crippen LogP contribution in [0.5, 0.6) is 11.5 Å². The molecule has 0 spiro atoms. The lowest BCUT2D eigenvalue weighted by Gasteiger charge is -2.29. The van der Waals surface area contributed by atoms with E-state index in [1.807, 2.05) is 30.3 Å². The van der Waals surface area contributed by atoms with Gasteiger partial charge in [-0.1, -0.05) is 126 Å². The monoisotopic (exact) mass is 696 g/mol. The number of hydrogen-bond acceptors (Lipinski definition) is 2. The Labute approximate surface area is 317 Å². The Bertz CT molecular complexity index is 2590. The van der Waals surface area contributed by atoms with Gasteiger partial charge in [0.25, 0.3) is 0 Å². The van der Waals surface area contributed by atoms with Crippen molar-refractivity contribution in [3.63, 3.8) is 0 Å². The van der Waals surface area contributed by atoms with Gasteiger partial charge in [-0.15, -0.1) is 0 Å². The van der Waals surface area contributed by atoms with Gasteiger partial charge in [0.1, 0.15) is 11.5 Å². The normalized spacial score (nSPS) is 11.2. The topological polar surface area (TPSA) is 17.4 Å². The van der Waals surface area contributed by atoms with Crippen LogP contribution in [0.4, 0.5) is 17.1 Å². The highest BCUT2D eigenvalue weighted by atomic mass is 16.5. The number of hydrogen-bond donors (Lipinski definition) is 0. The van der Waals surface area contributed by atoms with E-state index < -0.39 is 0 Å². The van der Waals surface area contributed by atoms with Gasteiger partial charge in [-0.25, -0.2) is 0 Å². The fraction of sp³-hybridized carbons (Fsp3) is 0.0588. The van der Waals surface area contributed by atoms with Crippen molar-refractivity contribution in [2.45, 2.75) is 20.8 Å². The maximum absolute atomic E-state index is 6.79. The SMILES string of the molecule is Cc1ccc2c(c1)c1cc(C)ccc1n2-c1cc(Oc2ccccc2)c(C)c(N(c2ccc(-c3ccccc3)cc2)c2ccc(-c3ccccc3)cc2)c1. The van der Waals surface area contributed by atoms with E-state index in [1.165, 1.54) is 44.2 Å². The second-order valence-corrected chi connectivity index (χ2v) is 14.0. The third kappa shape index (κ3) is 6.20. The number of nitrogens with zero attached hydrogens (tertiary/aromatic N) is 2. The van der Waals surface area contributed by atoms with Crippen LogP contribution in [0.25, 0.3) is 49.7 Å². The zero-order chi connectivity index (χ0) is 36.6. The summed E-state index contributed by atoms with van der Waals surface area (Å²) in [7, 11) is 0. The van der Waals surface area contributed by atoms with Crippen molar-refractivity contribution in [3.05, 3.63) is 205 Å². The van der Waals surface area contributed by atoms with Gasteiger partial charge in [-0.05, 0) is 110 Å². The van der Waals surface area contributed by atoms with E-state index >= 15 is 0 Å². The summed E-state index contributed by atoms with van der Waals surface area (Å²) in [5.74, 6) is 1.60. The molecule has 0 saturated heterocycles. The van der Waals surface area contributed by atoms with Crippen LogP contribution in [0.3, 0.4) is 0 Å². The molecule has 0 radical (unpaired) electrons. The summed E-state index contributed by atoms with van der Waals surface area (Å²) in [5, 5.41) is 2.48. The van der Waals surface area contributed by atoms with Gasteiger partial charge >= 0.3 is 0 Å². The molecule has 54 heavy (non-hydrogen) atoms. The van der Waals surface area contributed by atoms with Gasteiger partial charge in [0.15, 0.2) is 0 Å². The third-order valence-electron chi connectivity index (χ3n) is 10.3. The molecule has 0 atom stereocenters. The Morgan fingerprint density at radius 3 is 1.35 bits per heavy atom. The first-order valence-electron chi connectivity index (χ1n) is 18.5. The summed E-state index contributed by atoms with van der Waals surface area (Å²) in [6, 6.07) is 67.0. The fourth-order valence-corrected chi connectivity index (χ4v) is 7.57. The second-order valence-electron chi connectivity index (χ2n) is 14.0. The molecule has 3 heteroatoms. The summed E-state index contributed by atoms with van der Waals surface area (Å²) >= 11 is 0. The standard InChI is InChI=1S/C51H40N2O/c1-35-19-29-48-46(31-35)47-32-36(2)20-30-49(47)53(48)44-33-50(37(3)51(34-44)54-45-17-11-6-12-18-45)52(42-25-21-40(22-26-42)38-13-7-4-8-14-38)43-27-23-41(24-28-43)39-15-9-5-10-16-39/h4-34H,1-3H3. The van der Waals surface area contributed by atoms with Gasteiger partial charge in [0.05, 0.1) is 22.4 Å². The largest absolute Gasteiger partial charge is 0.457 e. The van der Waals surface area contributed by atoms with Gasteiger partial charge < -0.3 is 14.2 Å². The predicted octanol–water partition coefficient (Wildman–Crippen LogP) is 14.3. The molecule has 8 aromatic carbocycles. The molecule has 0 amide bonds. The molecule has 9 aromatic rings. The highest BCUT2D eigenvalue weighted by molar-refractivity contribution is 6.10. The molecule has 0 fully saturated rings. The maximum atomic E-state index is 6.79. The summed E-state index contributed by atoms with van der Waals surface area (Å²) in [5.41, 5.74) is 14.7. The highest BCUT2D eigenvalue weighted by Crippen LogP contribution is 2.44. The predicted molar refractivity (Wildman–Crippen MR) is 227 cm³/mol. The van der Waals surface area contributed by atoms with Gasteiger partial charge in [-0.2, -0.15) is 0 Å². The Hall–Kier alpha value is -6.84. The molecule has 0 N–H and O–H groups in total. The van der Waals surface area contributed by atoms with E-state index in [1.54, 1.807) is 0 Å². The quantitative estimate of drug-likeness (QED) is 0.157. The van der Waals surface area contributed by atoms with Crippen LogP contribution in [-0.2, 0) is 0 Å². The molecule has 0 aliphatic carbocycles. The number of aromatic nitrogens is 1. The second kappa shape index (κ2) is 13.9. The van der Waals surface area contributed by atoms with Crippen molar-refractivity contribution in [1.29, 1.82) is 0 Å². The molecule has 0 aliphatic heterocycles. The van der Waals surface area contributed by atoms with Crippen LogP contribution in [0.15, 0.2) is 188 Å². The molecule has 0 aliphatic rings. The minimum absolute atomic E-state index is 0.795. The third-order valence-corrected chi connectivity index (χ3v) is 10.3.